The van der Waals surface area contributed by atoms with E-state index in [2.05, 4.69) is 95.0 Å². The Balaban J connectivity index is 0.00000132. The van der Waals surface area contributed by atoms with Gasteiger partial charge in [0, 0.05) is 0 Å². The van der Waals surface area contributed by atoms with Crippen molar-refractivity contribution >= 4 is 47.4 Å². The van der Waals surface area contributed by atoms with E-state index in [-0.39, 0.29) is 34.0 Å². The van der Waals surface area contributed by atoms with Crippen molar-refractivity contribution in [3.05, 3.63) is 82.2 Å². The number of hydrogen-bond donors (Lipinski definition) is 0. The molecule has 0 heterocycles. The van der Waals surface area contributed by atoms with E-state index < -0.39 is 15.9 Å². The summed E-state index contributed by atoms with van der Waals surface area (Å²) in [7, 11) is 0. The van der Waals surface area contributed by atoms with Gasteiger partial charge in [0.05, 0.1) is 0 Å². The van der Waals surface area contributed by atoms with E-state index in [4.69, 9.17) is 0 Å². The van der Waals surface area contributed by atoms with Gasteiger partial charge in [0.1, 0.15) is 0 Å². The minimum absolute atomic E-state index is 0. The van der Waals surface area contributed by atoms with E-state index in [9.17, 15) is 0 Å². The van der Waals surface area contributed by atoms with Gasteiger partial charge in [-0.15, -0.1) is 34.0 Å². The fraction of sp³-hybridized carbons (Fsp3) is 0.158. The van der Waals surface area contributed by atoms with Crippen molar-refractivity contribution < 1.29 is 15.9 Å². The predicted molar refractivity (Wildman–Crippen MR) is 115 cm³/mol. The van der Waals surface area contributed by atoms with Gasteiger partial charge in [-0.2, -0.15) is 0 Å². The summed E-state index contributed by atoms with van der Waals surface area (Å²) in [6.07, 6.45) is 8.01. The van der Waals surface area contributed by atoms with Crippen LogP contribution < -0.4 is 6.54 Å². The second kappa shape index (κ2) is 6.71. The van der Waals surface area contributed by atoms with E-state index >= 15 is 0 Å². The Morgan fingerprint density at radius 2 is 1.22 bits per heavy atom. The van der Waals surface area contributed by atoms with Crippen molar-refractivity contribution in [3.63, 3.8) is 0 Å². The number of benzene rings is 2. The van der Waals surface area contributed by atoms with Crippen molar-refractivity contribution in [1.29, 1.82) is 0 Å². The van der Waals surface area contributed by atoms with Crippen LogP contribution in [0, 0.1) is 0 Å². The molecule has 123 valence electrons. The molecule has 0 aliphatic heterocycles. The average molecular weight is 533 g/mol. The molecule has 2 aromatic carbocycles. The van der Waals surface area contributed by atoms with Crippen molar-refractivity contribution in [2.75, 3.05) is 0 Å². The van der Waals surface area contributed by atoms with Crippen LogP contribution in [0.4, 0.5) is 0 Å². The average Bonchev–Trinajstić information content (AvgIpc) is 3.05. The molecule has 1 aliphatic carbocycles. The van der Waals surface area contributed by atoms with Crippen LogP contribution in [0.1, 0.15) is 6.42 Å². The fourth-order valence-corrected chi connectivity index (χ4v) is 21.7. The molecule has 1 aliphatic rings. The number of hydrogen-bond acceptors (Lipinski definition) is 0. The molecule has 0 amide bonds. The van der Waals surface area contributed by atoms with Gasteiger partial charge in [0.15, 0.2) is 0 Å². The van der Waals surface area contributed by atoms with Gasteiger partial charge in [0.2, 0.25) is 0 Å². The molecule has 0 unspecified atom stereocenters. The van der Waals surface area contributed by atoms with Crippen LogP contribution in [-0.2, 0) is 15.9 Å². The third kappa shape index (κ3) is 3.13. The molecular formula is C19H25Br2SiZr. The van der Waals surface area contributed by atoms with Crippen LogP contribution in [0.2, 0.25) is 9.26 Å². The first-order valence-corrected chi connectivity index (χ1v) is 22.2. The molecule has 0 radical (unpaired) electrons. The van der Waals surface area contributed by atoms with E-state index in [0.29, 0.717) is 0 Å². The first-order chi connectivity index (χ1) is 9.88. The zero-order valence-electron chi connectivity index (χ0n) is 13.7. The van der Waals surface area contributed by atoms with Crippen LogP contribution in [0.5, 0.6) is 0 Å². The summed E-state index contributed by atoms with van der Waals surface area (Å²) in [4.78, 5) is 0. The quantitative estimate of drug-likeness (QED) is 0.511. The topological polar surface area (TPSA) is 0 Å². The molecule has 0 saturated heterocycles. The van der Waals surface area contributed by atoms with Crippen LogP contribution >= 0.6 is 34.0 Å². The van der Waals surface area contributed by atoms with Gasteiger partial charge in [-0.1, -0.05) is 0 Å². The van der Waals surface area contributed by atoms with Crippen LogP contribution in [0.25, 0.3) is 0 Å². The molecule has 4 heteroatoms. The zero-order chi connectivity index (χ0) is 15.0. The first-order valence-electron chi connectivity index (χ1n) is 7.64. The molecule has 2 aromatic rings. The molecule has 0 fully saturated rings. The Hall–Kier alpha value is -0.0200. The Morgan fingerprint density at radius 3 is 1.57 bits per heavy atom. The van der Waals surface area contributed by atoms with Crippen molar-refractivity contribution in [1.82, 2.24) is 0 Å². The standard InChI is InChI=1S/2C6H5.C5H5.2CH3.2BrH.H2Si.Zr/c2*1-2-4-6-5-3-1;1-2-4-5-3-1;;;;;;/h2*1-5H;1-3H,4H2;2*1H3;2*1H;1H2;. The Kier molecular flexibility index (Phi) is 6.13. The molecule has 23 heavy (non-hydrogen) atoms. The molecule has 0 N–H and O–H groups in total. The number of halogens is 2. The fourth-order valence-electron chi connectivity index (χ4n) is 3.78. The second-order valence-electron chi connectivity index (χ2n) is 7.67. The molecule has 0 spiro atoms. The summed E-state index contributed by atoms with van der Waals surface area (Å²) in [5.74, 6) is 0. The summed E-state index contributed by atoms with van der Waals surface area (Å²) >= 11 is -3.92. The zero-order valence-corrected chi connectivity index (χ0v) is 21.0. The minimum atomic E-state index is -3.92. The molecular weight excluding hydrogens is 507 g/mol. The normalized spacial score (nSPS) is 16.3. The van der Waals surface area contributed by atoms with Gasteiger partial charge >= 0.3 is 127 Å². The van der Waals surface area contributed by atoms with Gasteiger partial charge < -0.3 is 0 Å². The maximum absolute atomic E-state index is 3.92. The molecule has 0 bridgehead atoms. The second-order valence-corrected chi connectivity index (χ2v) is 44.5. The summed E-state index contributed by atoms with van der Waals surface area (Å²) < 4.78 is 9.90. The van der Waals surface area contributed by atoms with Crippen LogP contribution in [0.15, 0.2) is 82.2 Å². The summed E-state index contributed by atoms with van der Waals surface area (Å²) in [6, 6.07) is 22.4. The third-order valence-electron chi connectivity index (χ3n) is 5.65. The molecule has 0 atom stereocenters. The summed E-state index contributed by atoms with van der Waals surface area (Å²) in [6.45, 7) is 2.30. The van der Waals surface area contributed by atoms with E-state index in [1.165, 1.54) is 6.54 Å². The van der Waals surface area contributed by atoms with Gasteiger partial charge in [-0.3, -0.25) is 0 Å². The monoisotopic (exact) mass is 529 g/mol. The van der Waals surface area contributed by atoms with Gasteiger partial charge in [-0.25, -0.2) is 0 Å². The molecule has 0 saturated carbocycles. The van der Waals surface area contributed by atoms with Gasteiger partial charge in [-0.05, 0) is 0 Å². The predicted octanol–water partition coefficient (Wildman–Crippen LogP) is 4.51. The molecule has 3 rings (SSSR count). The summed E-state index contributed by atoms with van der Waals surface area (Å²) in [5, 5.41) is 0. The van der Waals surface area contributed by atoms with E-state index in [1.807, 2.05) is 0 Å². The SMILES string of the molecule is Br.Br.[CH3][Zr]([CH3])(=[SiH2])([C]1=CC=CC1)([c]1ccccc1)[c]1ccccc1. The first kappa shape index (κ1) is 21.0. The number of allylic oxidation sites excluding steroid dienone is 4. The Labute approximate surface area is 159 Å². The summed E-state index contributed by atoms with van der Waals surface area (Å²) in [5.41, 5.74) is 0. The van der Waals surface area contributed by atoms with Crippen molar-refractivity contribution in [3.8, 4) is 0 Å². The molecule has 0 nitrogen and oxygen atoms in total. The number of rotatable bonds is 3. The maximum atomic E-state index is 2.59. The van der Waals surface area contributed by atoms with Crippen LogP contribution in [-0.4, -0.2) is 6.88 Å². The Bertz CT molecular complexity index is 783. The van der Waals surface area contributed by atoms with Crippen LogP contribution in [0.3, 0.4) is 0 Å². The third-order valence-corrected chi connectivity index (χ3v) is 32.1. The van der Waals surface area contributed by atoms with Gasteiger partial charge in [0.25, 0.3) is 0 Å². The van der Waals surface area contributed by atoms with Crippen molar-refractivity contribution in [2.24, 2.45) is 0 Å². The molecule has 0 aromatic heterocycles. The van der Waals surface area contributed by atoms with E-state index in [0.717, 1.165) is 6.42 Å². The van der Waals surface area contributed by atoms with Crippen molar-refractivity contribution in [2.45, 2.75) is 15.7 Å². The Morgan fingerprint density at radius 1 is 0.783 bits per heavy atom. The van der Waals surface area contributed by atoms with E-state index in [1.54, 1.807) is 3.28 Å².